The molecule has 0 saturated heterocycles. The summed E-state index contributed by atoms with van der Waals surface area (Å²) in [6.45, 7) is 0.184. The summed E-state index contributed by atoms with van der Waals surface area (Å²) in [6, 6.07) is 6.36. The lowest BCUT2D eigenvalue weighted by molar-refractivity contribution is -0.145. The molecule has 1 aromatic heterocycles. The summed E-state index contributed by atoms with van der Waals surface area (Å²) >= 11 is 0. The average molecular weight is 346 g/mol. The monoisotopic (exact) mass is 346 g/mol. The SMILES string of the molecule is O=C(NCCOC(=O)[C@H]1C[C@H]1c1cc(F)ccc1F)c1ccncc1. The van der Waals surface area contributed by atoms with Crippen LogP contribution in [0.2, 0.25) is 0 Å². The topological polar surface area (TPSA) is 68.3 Å². The molecule has 25 heavy (non-hydrogen) atoms. The summed E-state index contributed by atoms with van der Waals surface area (Å²) in [5, 5.41) is 2.62. The Balaban J connectivity index is 1.42. The van der Waals surface area contributed by atoms with Crippen molar-refractivity contribution in [3.05, 3.63) is 65.5 Å². The summed E-state index contributed by atoms with van der Waals surface area (Å²) < 4.78 is 32.0. The molecule has 3 rings (SSSR count). The molecule has 1 amide bonds. The Bertz CT molecular complexity index is 783. The van der Waals surface area contributed by atoms with E-state index in [1.807, 2.05) is 0 Å². The Morgan fingerprint density at radius 2 is 1.96 bits per heavy atom. The first kappa shape index (κ1) is 17.0. The Morgan fingerprint density at radius 3 is 2.72 bits per heavy atom. The van der Waals surface area contributed by atoms with E-state index in [-0.39, 0.29) is 30.5 Å². The molecule has 1 aliphatic carbocycles. The first-order chi connectivity index (χ1) is 12.1. The molecule has 1 saturated carbocycles. The van der Waals surface area contributed by atoms with E-state index >= 15 is 0 Å². The number of carbonyl (C=O) groups is 2. The second kappa shape index (κ2) is 7.38. The first-order valence-electron chi connectivity index (χ1n) is 7.86. The van der Waals surface area contributed by atoms with Gasteiger partial charge in [-0.15, -0.1) is 0 Å². The number of aromatic nitrogens is 1. The van der Waals surface area contributed by atoms with Crippen LogP contribution in [-0.4, -0.2) is 30.0 Å². The maximum atomic E-state index is 13.7. The van der Waals surface area contributed by atoms with E-state index in [2.05, 4.69) is 10.3 Å². The first-order valence-corrected chi connectivity index (χ1v) is 7.86. The molecule has 2 aromatic rings. The van der Waals surface area contributed by atoms with Crippen LogP contribution < -0.4 is 5.32 Å². The fourth-order valence-electron chi connectivity index (χ4n) is 2.63. The van der Waals surface area contributed by atoms with E-state index in [0.29, 0.717) is 12.0 Å². The number of ether oxygens (including phenoxy) is 1. The van der Waals surface area contributed by atoms with E-state index in [4.69, 9.17) is 4.74 Å². The minimum absolute atomic E-state index is 0.0184. The van der Waals surface area contributed by atoms with Crippen molar-refractivity contribution in [2.24, 2.45) is 5.92 Å². The molecule has 1 heterocycles. The number of pyridine rings is 1. The van der Waals surface area contributed by atoms with Crippen LogP contribution in [0.4, 0.5) is 8.78 Å². The van der Waals surface area contributed by atoms with Crippen molar-refractivity contribution in [3.63, 3.8) is 0 Å². The number of nitrogens with one attached hydrogen (secondary N) is 1. The molecule has 1 aliphatic rings. The van der Waals surface area contributed by atoms with E-state index in [1.54, 1.807) is 12.1 Å². The van der Waals surface area contributed by atoms with E-state index in [9.17, 15) is 18.4 Å². The van der Waals surface area contributed by atoms with E-state index < -0.39 is 23.5 Å². The third-order valence-electron chi connectivity index (χ3n) is 4.03. The maximum absolute atomic E-state index is 13.7. The highest BCUT2D eigenvalue weighted by molar-refractivity contribution is 5.93. The highest BCUT2D eigenvalue weighted by atomic mass is 19.1. The van der Waals surface area contributed by atoms with Gasteiger partial charge in [-0.2, -0.15) is 0 Å². The smallest absolute Gasteiger partial charge is 0.309 e. The van der Waals surface area contributed by atoms with Crippen LogP contribution in [0.1, 0.15) is 28.3 Å². The Morgan fingerprint density at radius 1 is 1.20 bits per heavy atom. The lowest BCUT2D eigenvalue weighted by Gasteiger charge is -2.07. The van der Waals surface area contributed by atoms with Gasteiger partial charge in [0, 0.05) is 23.9 Å². The molecular weight excluding hydrogens is 330 g/mol. The molecule has 130 valence electrons. The van der Waals surface area contributed by atoms with Crippen LogP contribution in [-0.2, 0) is 9.53 Å². The van der Waals surface area contributed by atoms with Crippen molar-refractivity contribution in [1.82, 2.24) is 10.3 Å². The summed E-state index contributed by atoms with van der Waals surface area (Å²) in [5.41, 5.74) is 0.665. The molecule has 1 fully saturated rings. The summed E-state index contributed by atoms with van der Waals surface area (Å²) in [5.74, 6) is -2.63. The molecular formula is C18H16F2N2O3. The molecule has 0 spiro atoms. The Labute approximate surface area is 143 Å². The third kappa shape index (κ3) is 4.17. The van der Waals surface area contributed by atoms with Gasteiger partial charge in [0.1, 0.15) is 18.2 Å². The minimum Gasteiger partial charge on any atom is -0.464 e. The highest BCUT2D eigenvalue weighted by Gasteiger charge is 2.46. The number of benzene rings is 1. The zero-order chi connectivity index (χ0) is 17.8. The van der Waals surface area contributed by atoms with Crippen LogP contribution in [0, 0.1) is 17.6 Å². The predicted octanol–water partition coefficient (Wildman–Crippen LogP) is 2.44. The van der Waals surface area contributed by atoms with Crippen molar-refractivity contribution in [1.29, 1.82) is 0 Å². The number of carbonyl (C=O) groups excluding carboxylic acids is 2. The Hall–Kier alpha value is -2.83. The zero-order valence-electron chi connectivity index (χ0n) is 13.2. The summed E-state index contributed by atoms with van der Waals surface area (Å²) in [7, 11) is 0. The summed E-state index contributed by atoms with van der Waals surface area (Å²) in [6.07, 6.45) is 3.45. The number of halogens is 2. The molecule has 7 heteroatoms. The van der Waals surface area contributed by atoms with Gasteiger partial charge in [-0.1, -0.05) is 0 Å². The lowest BCUT2D eigenvalue weighted by Crippen LogP contribution is -2.28. The molecule has 0 bridgehead atoms. The van der Waals surface area contributed by atoms with Crippen molar-refractivity contribution in [2.75, 3.05) is 13.2 Å². The van der Waals surface area contributed by atoms with E-state index in [1.165, 1.54) is 12.4 Å². The minimum atomic E-state index is -0.533. The van der Waals surface area contributed by atoms with Crippen LogP contribution in [0.3, 0.4) is 0 Å². The predicted molar refractivity (Wildman–Crippen MR) is 84.7 cm³/mol. The third-order valence-corrected chi connectivity index (χ3v) is 4.03. The average Bonchev–Trinajstić information content (AvgIpc) is 3.42. The largest absolute Gasteiger partial charge is 0.464 e. The fraction of sp³-hybridized carbons (Fsp3) is 0.278. The van der Waals surface area contributed by atoms with Crippen LogP contribution in [0.5, 0.6) is 0 Å². The maximum Gasteiger partial charge on any atom is 0.309 e. The van der Waals surface area contributed by atoms with Crippen molar-refractivity contribution < 1.29 is 23.1 Å². The van der Waals surface area contributed by atoms with Gasteiger partial charge in [0.25, 0.3) is 5.91 Å². The molecule has 5 nitrogen and oxygen atoms in total. The van der Waals surface area contributed by atoms with Gasteiger partial charge in [-0.25, -0.2) is 8.78 Å². The molecule has 0 unspecified atom stereocenters. The van der Waals surface area contributed by atoms with E-state index in [0.717, 1.165) is 18.2 Å². The quantitative estimate of drug-likeness (QED) is 0.644. The Kier molecular flexibility index (Phi) is 5.02. The highest BCUT2D eigenvalue weighted by Crippen LogP contribution is 2.49. The number of nitrogens with zero attached hydrogens (tertiary/aromatic N) is 1. The number of hydrogen-bond donors (Lipinski definition) is 1. The molecule has 1 aromatic carbocycles. The standard InChI is InChI=1S/C18H16F2N2O3/c19-12-1-2-16(20)14(9-12)13-10-15(13)18(24)25-8-7-22-17(23)11-3-5-21-6-4-11/h1-6,9,13,15H,7-8,10H2,(H,22,23)/t13-,15-/m0/s1. The van der Waals surface area contributed by atoms with Gasteiger partial charge in [-0.05, 0) is 42.3 Å². The van der Waals surface area contributed by atoms with Gasteiger partial charge >= 0.3 is 5.97 Å². The van der Waals surface area contributed by atoms with Crippen LogP contribution in [0.15, 0.2) is 42.7 Å². The molecule has 1 N–H and O–H groups in total. The summed E-state index contributed by atoms with van der Waals surface area (Å²) in [4.78, 5) is 27.5. The molecule has 0 aliphatic heterocycles. The van der Waals surface area contributed by atoms with Gasteiger partial charge < -0.3 is 10.1 Å². The number of hydrogen-bond acceptors (Lipinski definition) is 4. The second-order valence-electron chi connectivity index (χ2n) is 5.77. The lowest BCUT2D eigenvalue weighted by atomic mass is 10.1. The normalized spacial score (nSPS) is 18.5. The van der Waals surface area contributed by atoms with Crippen molar-refractivity contribution in [2.45, 2.75) is 12.3 Å². The van der Waals surface area contributed by atoms with Crippen LogP contribution >= 0.6 is 0 Å². The zero-order valence-corrected chi connectivity index (χ0v) is 13.2. The van der Waals surface area contributed by atoms with Crippen molar-refractivity contribution >= 4 is 11.9 Å². The van der Waals surface area contributed by atoms with Gasteiger partial charge in [0.05, 0.1) is 12.5 Å². The number of rotatable bonds is 6. The van der Waals surface area contributed by atoms with Crippen molar-refractivity contribution in [3.8, 4) is 0 Å². The van der Waals surface area contributed by atoms with Gasteiger partial charge in [0.15, 0.2) is 0 Å². The second-order valence-corrected chi connectivity index (χ2v) is 5.77. The number of amides is 1. The molecule has 2 atom stereocenters. The number of esters is 1. The van der Waals surface area contributed by atoms with Crippen LogP contribution in [0.25, 0.3) is 0 Å². The fourth-order valence-corrected chi connectivity index (χ4v) is 2.63. The van der Waals surface area contributed by atoms with Gasteiger partial charge in [-0.3, -0.25) is 14.6 Å². The van der Waals surface area contributed by atoms with Gasteiger partial charge in [0.2, 0.25) is 0 Å². The molecule has 0 radical (unpaired) electrons.